The summed E-state index contributed by atoms with van der Waals surface area (Å²) in [5, 5.41) is 0. The molecule has 5 rings (SSSR count). The molecular formula is C35H46F3N3O6. The maximum Gasteiger partial charge on any atom is 0.389 e. The number of rotatable bonds is 3. The molecule has 1 saturated heterocycles. The molecule has 12 heteroatoms. The lowest BCUT2D eigenvalue weighted by Crippen LogP contribution is -2.47. The molecule has 3 aliphatic rings. The third-order valence-corrected chi connectivity index (χ3v) is 10.3. The molecule has 2 bridgehead atoms. The van der Waals surface area contributed by atoms with Crippen molar-refractivity contribution in [2.75, 3.05) is 13.7 Å². The van der Waals surface area contributed by atoms with E-state index in [0.29, 0.717) is 35.2 Å². The molecule has 3 heterocycles. The number of carbonyl (C=O) groups is 3. The van der Waals surface area contributed by atoms with E-state index in [2.05, 4.69) is 0 Å². The van der Waals surface area contributed by atoms with Crippen LogP contribution in [-0.2, 0) is 25.5 Å². The first kappa shape index (κ1) is 34.9. The van der Waals surface area contributed by atoms with Gasteiger partial charge in [-0.15, -0.1) is 0 Å². The number of ether oxygens (including phenoxy) is 3. The summed E-state index contributed by atoms with van der Waals surface area (Å²) in [6, 6.07) is 3.80. The van der Waals surface area contributed by atoms with Gasteiger partial charge in [-0.3, -0.25) is 9.59 Å². The minimum absolute atomic E-state index is 0.0855. The van der Waals surface area contributed by atoms with Gasteiger partial charge in [-0.25, -0.2) is 9.97 Å². The van der Waals surface area contributed by atoms with Crippen LogP contribution in [0.3, 0.4) is 0 Å². The van der Waals surface area contributed by atoms with Crippen LogP contribution in [0.1, 0.15) is 91.2 Å². The number of aryl methyl sites for hydroxylation is 1. The van der Waals surface area contributed by atoms with Crippen molar-refractivity contribution >= 4 is 29.2 Å². The second-order valence-corrected chi connectivity index (χ2v) is 14.7. The van der Waals surface area contributed by atoms with E-state index in [9.17, 15) is 27.6 Å². The van der Waals surface area contributed by atoms with Gasteiger partial charge < -0.3 is 23.9 Å². The second-order valence-electron chi connectivity index (χ2n) is 14.7. The van der Waals surface area contributed by atoms with E-state index in [0.717, 1.165) is 49.8 Å². The summed E-state index contributed by atoms with van der Waals surface area (Å²) in [6.07, 6.45) is -0.544. The number of hydrogen-bond acceptors (Lipinski definition) is 8. The Kier molecular flexibility index (Phi) is 10.1. The minimum atomic E-state index is -4.63. The summed E-state index contributed by atoms with van der Waals surface area (Å²) < 4.78 is 59.8. The molecule has 2 fully saturated rings. The number of aldehydes is 1. The minimum Gasteiger partial charge on any atom is -0.497 e. The fourth-order valence-electron chi connectivity index (χ4n) is 7.62. The first-order chi connectivity index (χ1) is 22.1. The van der Waals surface area contributed by atoms with Gasteiger partial charge >= 0.3 is 12.1 Å². The Morgan fingerprint density at radius 3 is 2.49 bits per heavy atom. The van der Waals surface area contributed by atoms with E-state index in [1.807, 2.05) is 6.92 Å². The molecule has 1 aromatic heterocycles. The summed E-state index contributed by atoms with van der Waals surface area (Å²) in [6.45, 7) is 7.09. The summed E-state index contributed by atoms with van der Waals surface area (Å²) in [7, 11) is 1.52. The highest BCUT2D eigenvalue weighted by Gasteiger charge is 2.52. The summed E-state index contributed by atoms with van der Waals surface area (Å²) >= 11 is 0. The molecule has 0 spiro atoms. The number of alkyl halides is 3. The largest absolute Gasteiger partial charge is 0.497 e. The average molecular weight is 662 g/mol. The molecule has 0 radical (unpaired) electrons. The fraction of sp³-hybridized carbons (Fsp3) is 0.686. The molecule has 1 saturated carbocycles. The Balaban J connectivity index is 1.58. The third kappa shape index (κ3) is 7.83. The highest BCUT2D eigenvalue weighted by atomic mass is 19.4. The van der Waals surface area contributed by atoms with Crippen LogP contribution in [0, 0.1) is 23.2 Å². The lowest BCUT2D eigenvalue weighted by Gasteiger charge is -2.36. The molecule has 6 atom stereocenters. The van der Waals surface area contributed by atoms with Crippen LogP contribution < -0.4 is 9.47 Å². The van der Waals surface area contributed by atoms with Crippen LogP contribution in [0.25, 0.3) is 11.0 Å². The number of hydrogen-bond donors (Lipinski definition) is 0. The van der Waals surface area contributed by atoms with E-state index in [1.54, 1.807) is 39.0 Å². The Bertz CT molecular complexity index is 1480. The number of aromatic nitrogens is 2. The molecule has 47 heavy (non-hydrogen) atoms. The second kappa shape index (κ2) is 13.6. The first-order valence-electron chi connectivity index (χ1n) is 16.7. The molecule has 0 N–H and O–H groups in total. The van der Waals surface area contributed by atoms with Crippen molar-refractivity contribution in [3.05, 3.63) is 23.9 Å². The van der Waals surface area contributed by atoms with Gasteiger partial charge in [0.25, 0.3) is 0 Å². The van der Waals surface area contributed by atoms with Gasteiger partial charge in [-0.05, 0) is 68.9 Å². The number of benzene rings is 1. The van der Waals surface area contributed by atoms with Gasteiger partial charge in [0.1, 0.15) is 29.4 Å². The molecule has 2 aromatic rings. The van der Waals surface area contributed by atoms with Crippen molar-refractivity contribution in [2.24, 2.45) is 23.2 Å². The number of amides is 1. The highest BCUT2D eigenvalue weighted by molar-refractivity contribution is 5.87. The van der Waals surface area contributed by atoms with E-state index in [-0.39, 0.29) is 24.8 Å². The summed E-state index contributed by atoms with van der Waals surface area (Å²) in [4.78, 5) is 50.9. The van der Waals surface area contributed by atoms with Crippen molar-refractivity contribution in [2.45, 2.75) is 116 Å². The quantitative estimate of drug-likeness (QED) is 0.266. The average Bonchev–Trinajstić information content (AvgIpc) is 3.51. The summed E-state index contributed by atoms with van der Waals surface area (Å²) in [5.41, 5.74) is 0.139. The highest BCUT2D eigenvalue weighted by Crippen LogP contribution is 2.44. The van der Waals surface area contributed by atoms with Gasteiger partial charge in [-0.1, -0.05) is 33.6 Å². The molecule has 0 unspecified atom stereocenters. The van der Waals surface area contributed by atoms with Gasteiger partial charge in [0.05, 0.1) is 49.5 Å². The predicted octanol–water partition coefficient (Wildman–Crippen LogP) is 6.64. The van der Waals surface area contributed by atoms with Crippen LogP contribution in [0.2, 0.25) is 0 Å². The van der Waals surface area contributed by atoms with Crippen molar-refractivity contribution in [3.63, 3.8) is 0 Å². The molecule has 1 aliphatic carbocycles. The zero-order chi connectivity index (χ0) is 34.1. The lowest BCUT2D eigenvalue weighted by molar-refractivity contribution is -0.167. The molecule has 1 amide bonds. The zero-order valence-electron chi connectivity index (χ0n) is 27.9. The third-order valence-electron chi connectivity index (χ3n) is 10.3. The van der Waals surface area contributed by atoms with Crippen LogP contribution >= 0.6 is 0 Å². The van der Waals surface area contributed by atoms with E-state index in [4.69, 9.17) is 24.2 Å². The van der Waals surface area contributed by atoms with E-state index >= 15 is 0 Å². The van der Waals surface area contributed by atoms with Gasteiger partial charge in [0.2, 0.25) is 11.8 Å². The van der Waals surface area contributed by atoms with Crippen LogP contribution in [0.4, 0.5) is 13.2 Å². The van der Waals surface area contributed by atoms with Crippen molar-refractivity contribution < 1.29 is 41.8 Å². The molecule has 9 nitrogen and oxygen atoms in total. The van der Waals surface area contributed by atoms with E-state index < -0.39 is 59.5 Å². The maximum absolute atomic E-state index is 14.2. The monoisotopic (exact) mass is 661 g/mol. The molecule has 2 aliphatic heterocycles. The van der Waals surface area contributed by atoms with E-state index in [1.165, 1.54) is 7.11 Å². The predicted molar refractivity (Wildman–Crippen MR) is 168 cm³/mol. The molecular weight excluding hydrogens is 615 g/mol. The SMILES string of the molecule is COc1ccc2nc3c(nc2c1)O[C@H]1CN(C(=O)[C@H](C(C)(C)C)CC(=O)O[C@]2(C)CCC[C@H]2CCCCC3)[C@H](C=O)[C@@H]1CC(F)(F)F. The number of methoxy groups -OCH3 is 1. The smallest absolute Gasteiger partial charge is 0.389 e. The van der Waals surface area contributed by atoms with Crippen molar-refractivity contribution in [3.8, 4) is 11.6 Å². The fourth-order valence-corrected chi connectivity index (χ4v) is 7.62. The Hall–Kier alpha value is -3.44. The topological polar surface area (TPSA) is 108 Å². The van der Waals surface area contributed by atoms with Crippen molar-refractivity contribution in [1.82, 2.24) is 14.9 Å². The van der Waals surface area contributed by atoms with Crippen LogP contribution in [0.5, 0.6) is 11.6 Å². The molecule has 1 aromatic carbocycles. The maximum atomic E-state index is 14.2. The van der Waals surface area contributed by atoms with Gasteiger partial charge in [0, 0.05) is 12.0 Å². The van der Waals surface area contributed by atoms with Crippen LogP contribution in [0.15, 0.2) is 18.2 Å². The van der Waals surface area contributed by atoms with Crippen molar-refractivity contribution in [1.29, 1.82) is 0 Å². The zero-order valence-corrected chi connectivity index (χ0v) is 27.9. The Labute approximate surface area is 273 Å². The Morgan fingerprint density at radius 1 is 1.06 bits per heavy atom. The number of halogens is 3. The summed E-state index contributed by atoms with van der Waals surface area (Å²) in [5.74, 6) is -2.61. The molecule has 258 valence electrons. The normalized spacial score (nSPS) is 29.7. The van der Waals surface area contributed by atoms with Crippen LogP contribution in [-0.4, -0.2) is 70.6 Å². The van der Waals surface area contributed by atoms with Gasteiger partial charge in [0.15, 0.2) is 0 Å². The first-order valence-corrected chi connectivity index (χ1v) is 16.7. The number of esters is 1. The number of fused-ring (bicyclic) bond motifs is 5. The number of nitrogens with zero attached hydrogens (tertiary/aromatic N) is 3. The number of carbonyl (C=O) groups excluding carboxylic acids is 3. The van der Waals surface area contributed by atoms with Gasteiger partial charge in [-0.2, -0.15) is 13.2 Å². The standard InChI is InChI=1S/C35H46F3N3O6/c1-33(2,3)24-17-30(43)47-34(4)15-9-11-21(34)10-7-6-8-12-26-31(40-27-16-22(45-5)13-14-25(27)39-26)46-29-19-41(32(24)44)28(20-42)23(29)18-35(36,37)38/h13-14,16,20-21,23-24,28-29H,6-12,15,17-19H2,1-5H3/t21-,23+,24-,28-,29+,34-/m1/s1. The lowest BCUT2D eigenvalue weighted by atomic mass is 9.77. The Morgan fingerprint density at radius 2 is 1.81 bits per heavy atom.